The van der Waals surface area contributed by atoms with Gasteiger partial charge >= 0.3 is 12.1 Å². The van der Waals surface area contributed by atoms with E-state index in [1.54, 1.807) is 0 Å². The van der Waals surface area contributed by atoms with E-state index in [4.69, 9.17) is 14.2 Å². The summed E-state index contributed by atoms with van der Waals surface area (Å²) in [5, 5.41) is 12.8. The second kappa shape index (κ2) is 7.37. The number of aromatic nitrogens is 4. The van der Waals surface area contributed by atoms with Crippen molar-refractivity contribution in [3.63, 3.8) is 0 Å². The standard InChI is InChI=1S/C16H16F3N5O4/c1-4-28-14(25)11-12(9-6-5-8(26-2)7-10(9)27-3)24-15(21-22-23-24)20-13(11)16(17,18)19/h5-7,12H,4H2,1-3H3,(H,20,21,23)/t12-/m1/s1. The van der Waals surface area contributed by atoms with Crippen LogP contribution in [0.3, 0.4) is 0 Å². The number of halogens is 3. The normalized spacial score (nSPS) is 16.3. The van der Waals surface area contributed by atoms with Gasteiger partial charge in [0, 0.05) is 11.6 Å². The molecule has 0 saturated carbocycles. The highest BCUT2D eigenvalue weighted by molar-refractivity contribution is 5.93. The van der Waals surface area contributed by atoms with Crippen molar-refractivity contribution >= 4 is 11.9 Å². The molecule has 0 radical (unpaired) electrons. The SMILES string of the molecule is CCOC(=O)C1=C(C(F)(F)F)Nc2nnnn2[C@@H]1c1ccc(OC)cc1OC. The average Bonchev–Trinajstić information content (AvgIpc) is 3.14. The van der Waals surface area contributed by atoms with Crippen LogP contribution in [-0.4, -0.2) is 53.2 Å². The van der Waals surface area contributed by atoms with E-state index in [1.807, 2.05) is 0 Å². The van der Waals surface area contributed by atoms with Crippen molar-refractivity contribution in [3.8, 4) is 11.5 Å². The zero-order chi connectivity index (χ0) is 20.5. The van der Waals surface area contributed by atoms with E-state index in [2.05, 4.69) is 20.8 Å². The highest BCUT2D eigenvalue weighted by atomic mass is 19.4. The highest BCUT2D eigenvalue weighted by Gasteiger charge is 2.47. The van der Waals surface area contributed by atoms with E-state index in [1.165, 1.54) is 39.3 Å². The van der Waals surface area contributed by atoms with Crippen LogP contribution in [0.2, 0.25) is 0 Å². The number of rotatable bonds is 5. The Morgan fingerprint density at radius 1 is 1.29 bits per heavy atom. The molecule has 0 saturated heterocycles. The zero-order valence-electron chi connectivity index (χ0n) is 15.1. The topological polar surface area (TPSA) is 100 Å². The fourth-order valence-corrected chi connectivity index (χ4v) is 2.87. The van der Waals surface area contributed by atoms with Gasteiger partial charge in [0.05, 0.1) is 26.4 Å². The third kappa shape index (κ3) is 3.32. The smallest absolute Gasteiger partial charge is 0.431 e. The van der Waals surface area contributed by atoms with Gasteiger partial charge in [0.15, 0.2) is 0 Å². The predicted molar refractivity (Wildman–Crippen MR) is 88.8 cm³/mol. The Kier molecular flexibility index (Phi) is 5.12. The molecule has 0 amide bonds. The summed E-state index contributed by atoms with van der Waals surface area (Å²) in [5.74, 6) is -0.810. The zero-order valence-corrected chi connectivity index (χ0v) is 15.1. The van der Waals surface area contributed by atoms with Gasteiger partial charge in [-0.05, 0) is 29.5 Å². The summed E-state index contributed by atoms with van der Waals surface area (Å²) in [6, 6.07) is 3.16. The van der Waals surface area contributed by atoms with Crippen LogP contribution in [0.1, 0.15) is 18.5 Å². The first-order chi connectivity index (χ1) is 13.3. The molecular formula is C16H16F3N5O4. The highest BCUT2D eigenvalue weighted by Crippen LogP contribution is 2.43. The number of methoxy groups -OCH3 is 2. The van der Waals surface area contributed by atoms with Crippen molar-refractivity contribution < 1.29 is 32.2 Å². The first-order valence-electron chi connectivity index (χ1n) is 8.07. The van der Waals surface area contributed by atoms with Crippen molar-refractivity contribution in [2.75, 3.05) is 26.1 Å². The molecule has 1 N–H and O–H groups in total. The van der Waals surface area contributed by atoms with Crippen LogP contribution in [0.15, 0.2) is 29.5 Å². The second-order valence-corrected chi connectivity index (χ2v) is 5.59. The molecule has 1 aliphatic rings. The molecule has 2 aromatic rings. The van der Waals surface area contributed by atoms with Crippen LogP contribution in [0, 0.1) is 0 Å². The van der Waals surface area contributed by atoms with Gasteiger partial charge in [-0.2, -0.15) is 17.9 Å². The fraction of sp³-hybridized carbons (Fsp3) is 0.375. The summed E-state index contributed by atoms with van der Waals surface area (Å²) in [5.41, 5.74) is -1.75. The molecule has 0 fully saturated rings. The van der Waals surface area contributed by atoms with Gasteiger partial charge in [0.2, 0.25) is 5.95 Å². The minimum absolute atomic E-state index is 0.109. The van der Waals surface area contributed by atoms with Crippen LogP contribution in [0.25, 0.3) is 0 Å². The maximum atomic E-state index is 13.7. The Morgan fingerprint density at radius 2 is 2.04 bits per heavy atom. The van der Waals surface area contributed by atoms with Gasteiger partial charge in [-0.25, -0.2) is 4.79 Å². The first kappa shape index (κ1) is 19.5. The Bertz CT molecular complexity index is 925. The molecular weight excluding hydrogens is 383 g/mol. The van der Waals surface area contributed by atoms with Gasteiger partial charge in [-0.3, -0.25) is 0 Å². The lowest BCUT2D eigenvalue weighted by molar-refractivity contribution is -0.140. The summed E-state index contributed by atoms with van der Waals surface area (Å²) in [6.07, 6.45) is -4.88. The molecule has 1 aromatic heterocycles. The largest absolute Gasteiger partial charge is 0.497 e. The lowest BCUT2D eigenvalue weighted by atomic mass is 9.94. The third-order valence-electron chi connectivity index (χ3n) is 4.03. The van der Waals surface area contributed by atoms with Crippen molar-refractivity contribution in [3.05, 3.63) is 35.0 Å². The predicted octanol–water partition coefficient (Wildman–Crippen LogP) is 2.08. The maximum Gasteiger partial charge on any atom is 0.431 e. The van der Waals surface area contributed by atoms with Crippen LogP contribution in [-0.2, 0) is 9.53 Å². The molecule has 28 heavy (non-hydrogen) atoms. The molecule has 0 aliphatic carbocycles. The number of anilines is 1. The number of carbonyl (C=O) groups excluding carboxylic acids is 1. The van der Waals surface area contributed by atoms with Crippen LogP contribution < -0.4 is 14.8 Å². The van der Waals surface area contributed by atoms with Crippen molar-refractivity contribution in [1.29, 1.82) is 0 Å². The number of alkyl halides is 3. The monoisotopic (exact) mass is 399 g/mol. The van der Waals surface area contributed by atoms with Gasteiger partial charge in [0.25, 0.3) is 0 Å². The molecule has 0 spiro atoms. The number of tetrazole rings is 1. The van der Waals surface area contributed by atoms with E-state index in [9.17, 15) is 18.0 Å². The van der Waals surface area contributed by atoms with E-state index in [0.717, 1.165) is 4.68 Å². The molecule has 2 heterocycles. The summed E-state index contributed by atoms with van der Waals surface area (Å²) in [7, 11) is 2.78. The number of carbonyl (C=O) groups is 1. The van der Waals surface area contributed by atoms with Gasteiger partial charge in [-0.15, -0.1) is 0 Å². The molecule has 12 heteroatoms. The van der Waals surface area contributed by atoms with Crippen molar-refractivity contribution in [1.82, 2.24) is 20.2 Å². The number of hydrogen-bond acceptors (Lipinski definition) is 8. The number of nitrogens with zero attached hydrogens (tertiary/aromatic N) is 4. The first-order valence-corrected chi connectivity index (χ1v) is 8.07. The molecule has 0 unspecified atom stereocenters. The number of allylic oxidation sites excluding steroid dienone is 1. The summed E-state index contributed by atoms with van der Waals surface area (Å²) in [4.78, 5) is 12.5. The third-order valence-corrected chi connectivity index (χ3v) is 4.03. The number of esters is 1. The Hall–Kier alpha value is -3.31. The quantitative estimate of drug-likeness (QED) is 0.763. The molecule has 3 rings (SSSR count). The molecule has 9 nitrogen and oxygen atoms in total. The summed E-state index contributed by atoms with van der Waals surface area (Å²) >= 11 is 0. The fourth-order valence-electron chi connectivity index (χ4n) is 2.87. The summed E-state index contributed by atoms with van der Waals surface area (Å²) in [6.45, 7) is 1.38. The van der Waals surface area contributed by atoms with Gasteiger partial charge in [-0.1, -0.05) is 5.10 Å². The van der Waals surface area contributed by atoms with Gasteiger partial charge in [0.1, 0.15) is 23.2 Å². The Morgan fingerprint density at radius 3 is 2.64 bits per heavy atom. The number of benzene rings is 1. The van der Waals surface area contributed by atoms with E-state index in [0.29, 0.717) is 5.75 Å². The minimum atomic E-state index is -4.88. The van der Waals surface area contributed by atoms with Crippen LogP contribution in [0.4, 0.5) is 19.1 Å². The molecule has 1 aliphatic heterocycles. The summed E-state index contributed by atoms with van der Waals surface area (Å²) < 4.78 is 57.5. The molecule has 0 bridgehead atoms. The Labute approximate surface area is 157 Å². The molecule has 1 aromatic carbocycles. The lowest BCUT2D eigenvalue weighted by Gasteiger charge is -2.30. The van der Waals surface area contributed by atoms with E-state index >= 15 is 0 Å². The Balaban J connectivity index is 2.29. The van der Waals surface area contributed by atoms with Crippen LogP contribution >= 0.6 is 0 Å². The maximum absolute atomic E-state index is 13.7. The van der Waals surface area contributed by atoms with Crippen LogP contribution in [0.5, 0.6) is 11.5 Å². The lowest BCUT2D eigenvalue weighted by Crippen LogP contribution is -2.35. The molecule has 1 atom stereocenters. The number of ether oxygens (including phenoxy) is 3. The number of nitrogens with one attached hydrogen (secondary N) is 1. The van der Waals surface area contributed by atoms with Crippen molar-refractivity contribution in [2.24, 2.45) is 0 Å². The van der Waals surface area contributed by atoms with E-state index < -0.39 is 29.5 Å². The number of fused-ring (bicyclic) bond motifs is 1. The minimum Gasteiger partial charge on any atom is -0.497 e. The van der Waals surface area contributed by atoms with Gasteiger partial charge < -0.3 is 19.5 Å². The average molecular weight is 399 g/mol. The van der Waals surface area contributed by atoms with Crippen molar-refractivity contribution in [2.45, 2.75) is 19.1 Å². The molecule has 150 valence electrons. The number of hydrogen-bond donors (Lipinski definition) is 1. The van der Waals surface area contributed by atoms with E-state index in [-0.39, 0.29) is 23.9 Å². The second-order valence-electron chi connectivity index (χ2n) is 5.59.